The zero-order valence-corrected chi connectivity index (χ0v) is 13.1. The lowest BCUT2D eigenvalue weighted by molar-refractivity contribution is 0.223. The predicted octanol–water partition coefficient (Wildman–Crippen LogP) is 4.75. The molecule has 0 aromatic heterocycles. The van der Waals surface area contributed by atoms with E-state index < -0.39 is 7.60 Å². The number of rotatable bonds is 7. The van der Waals surface area contributed by atoms with E-state index in [-0.39, 0.29) is 0 Å². The molecule has 4 heteroatoms. The van der Waals surface area contributed by atoms with Crippen molar-refractivity contribution in [1.29, 1.82) is 0 Å². The van der Waals surface area contributed by atoms with Gasteiger partial charge in [-0.25, -0.2) is 0 Å². The first-order valence-corrected chi connectivity index (χ1v) is 8.35. The second-order valence-electron chi connectivity index (χ2n) is 4.45. The standard InChI is InChI=1S/C15H23O3P/c1-5-17-19(16,18-6-2)12-15(13(3)4)14-10-8-7-9-11-14/h7-11H,5-6,12H2,1-4H3. The zero-order chi connectivity index (χ0) is 14.3. The Bertz CT molecular complexity index is 452. The van der Waals surface area contributed by atoms with Crippen LogP contribution in [0.25, 0.3) is 5.57 Å². The first-order valence-electron chi connectivity index (χ1n) is 6.62. The van der Waals surface area contributed by atoms with Crippen molar-refractivity contribution in [2.75, 3.05) is 19.4 Å². The quantitative estimate of drug-likeness (QED) is 0.677. The second kappa shape index (κ2) is 7.64. The summed E-state index contributed by atoms with van der Waals surface area (Å²) in [6, 6.07) is 9.96. The Morgan fingerprint density at radius 2 is 1.58 bits per heavy atom. The van der Waals surface area contributed by atoms with Crippen LogP contribution >= 0.6 is 7.60 Å². The molecular formula is C15H23O3P. The molecule has 0 radical (unpaired) electrons. The predicted molar refractivity (Wildman–Crippen MR) is 80.4 cm³/mol. The Kier molecular flexibility index (Phi) is 6.50. The van der Waals surface area contributed by atoms with Crippen LogP contribution < -0.4 is 0 Å². The van der Waals surface area contributed by atoms with Crippen molar-refractivity contribution in [3.63, 3.8) is 0 Å². The molecule has 0 atom stereocenters. The van der Waals surface area contributed by atoms with Gasteiger partial charge in [-0.05, 0) is 38.8 Å². The van der Waals surface area contributed by atoms with E-state index in [0.29, 0.717) is 19.4 Å². The molecule has 0 aliphatic heterocycles. The maximum absolute atomic E-state index is 12.6. The summed E-state index contributed by atoms with van der Waals surface area (Å²) in [6.07, 6.45) is 0.320. The fraction of sp³-hybridized carbons (Fsp3) is 0.467. The summed E-state index contributed by atoms with van der Waals surface area (Å²) in [5.41, 5.74) is 3.23. The van der Waals surface area contributed by atoms with Crippen LogP contribution in [0, 0.1) is 0 Å². The van der Waals surface area contributed by atoms with Gasteiger partial charge >= 0.3 is 7.60 Å². The number of hydrogen-bond donors (Lipinski definition) is 0. The lowest BCUT2D eigenvalue weighted by atomic mass is 10.0. The molecule has 0 fully saturated rings. The van der Waals surface area contributed by atoms with E-state index in [4.69, 9.17) is 9.05 Å². The van der Waals surface area contributed by atoms with E-state index in [1.54, 1.807) is 0 Å². The van der Waals surface area contributed by atoms with Crippen LogP contribution in [0.1, 0.15) is 33.3 Å². The third-order valence-electron chi connectivity index (χ3n) is 2.73. The van der Waals surface area contributed by atoms with Crippen molar-refractivity contribution >= 4 is 13.2 Å². The Morgan fingerprint density at radius 1 is 1.05 bits per heavy atom. The first kappa shape index (κ1) is 16.2. The molecule has 106 valence electrons. The van der Waals surface area contributed by atoms with Crippen LogP contribution in [-0.4, -0.2) is 19.4 Å². The van der Waals surface area contributed by atoms with Crippen LogP contribution in [0.3, 0.4) is 0 Å². The van der Waals surface area contributed by atoms with E-state index >= 15 is 0 Å². The van der Waals surface area contributed by atoms with Gasteiger partial charge in [0.1, 0.15) is 0 Å². The van der Waals surface area contributed by atoms with Gasteiger partial charge < -0.3 is 9.05 Å². The Balaban J connectivity index is 3.03. The molecule has 1 rings (SSSR count). The van der Waals surface area contributed by atoms with E-state index in [0.717, 1.165) is 16.7 Å². The highest BCUT2D eigenvalue weighted by Crippen LogP contribution is 2.51. The number of benzene rings is 1. The zero-order valence-electron chi connectivity index (χ0n) is 12.2. The van der Waals surface area contributed by atoms with Crippen molar-refractivity contribution in [2.24, 2.45) is 0 Å². The molecule has 0 amide bonds. The summed E-state index contributed by atoms with van der Waals surface area (Å²) in [6.45, 7) is 8.48. The SMILES string of the molecule is CCOP(=O)(CC(=C(C)C)c1ccccc1)OCC. The fourth-order valence-electron chi connectivity index (χ4n) is 1.89. The van der Waals surface area contributed by atoms with Gasteiger partial charge in [0, 0.05) is 0 Å². The van der Waals surface area contributed by atoms with Crippen LogP contribution in [0.5, 0.6) is 0 Å². The average molecular weight is 282 g/mol. The highest BCUT2D eigenvalue weighted by Gasteiger charge is 2.26. The molecule has 0 spiro atoms. The molecule has 1 aromatic carbocycles. The van der Waals surface area contributed by atoms with Crippen molar-refractivity contribution in [3.05, 3.63) is 41.5 Å². The minimum Gasteiger partial charge on any atom is -0.309 e. The van der Waals surface area contributed by atoms with Gasteiger partial charge in [0.05, 0.1) is 19.4 Å². The molecular weight excluding hydrogens is 259 g/mol. The topological polar surface area (TPSA) is 35.5 Å². The van der Waals surface area contributed by atoms with Crippen LogP contribution in [0.2, 0.25) is 0 Å². The highest BCUT2D eigenvalue weighted by atomic mass is 31.2. The largest absolute Gasteiger partial charge is 0.335 e. The molecule has 0 saturated carbocycles. The van der Waals surface area contributed by atoms with Gasteiger partial charge in [0.25, 0.3) is 0 Å². The van der Waals surface area contributed by atoms with Crippen molar-refractivity contribution in [2.45, 2.75) is 27.7 Å². The normalized spacial score (nSPS) is 11.4. The van der Waals surface area contributed by atoms with Crippen molar-refractivity contribution in [3.8, 4) is 0 Å². The molecule has 0 heterocycles. The first-order chi connectivity index (χ1) is 9.02. The number of allylic oxidation sites excluding steroid dienone is 2. The van der Waals surface area contributed by atoms with E-state index in [2.05, 4.69) is 0 Å². The van der Waals surface area contributed by atoms with Gasteiger partial charge in [-0.3, -0.25) is 4.57 Å². The maximum Gasteiger partial charge on any atom is 0.335 e. The molecule has 19 heavy (non-hydrogen) atoms. The Morgan fingerprint density at radius 3 is 2.00 bits per heavy atom. The lowest BCUT2D eigenvalue weighted by Crippen LogP contribution is -2.03. The molecule has 0 bridgehead atoms. The monoisotopic (exact) mass is 282 g/mol. The fourth-order valence-corrected chi connectivity index (χ4v) is 3.82. The molecule has 0 saturated heterocycles. The third kappa shape index (κ3) is 4.94. The third-order valence-corrected chi connectivity index (χ3v) is 4.74. The minimum absolute atomic E-state index is 0.320. The summed E-state index contributed by atoms with van der Waals surface area (Å²) in [4.78, 5) is 0. The van der Waals surface area contributed by atoms with Gasteiger partial charge in [-0.1, -0.05) is 35.9 Å². The summed E-state index contributed by atoms with van der Waals surface area (Å²) in [5, 5.41) is 0. The Labute approximate surface area is 116 Å². The summed E-state index contributed by atoms with van der Waals surface area (Å²) < 4.78 is 23.4. The van der Waals surface area contributed by atoms with E-state index in [9.17, 15) is 4.57 Å². The summed E-state index contributed by atoms with van der Waals surface area (Å²) in [5.74, 6) is 0. The van der Waals surface area contributed by atoms with Gasteiger partial charge in [-0.15, -0.1) is 0 Å². The molecule has 0 unspecified atom stereocenters. The molecule has 3 nitrogen and oxygen atoms in total. The van der Waals surface area contributed by atoms with Gasteiger partial charge in [-0.2, -0.15) is 0 Å². The lowest BCUT2D eigenvalue weighted by Gasteiger charge is -2.20. The average Bonchev–Trinajstić information content (AvgIpc) is 2.37. The molecule has 0 N–H and O–H groups in total. The van der Waals surface area contributed by atoms with Crippen molar-refractivity contribution in [1.82, 2.24) is 0 Å². The number of hydrogen-bond acceptors (Lipinski definition) is 3. The molecule has 0 aliphatic rings. The van der Waals surface area contributed by atoms with Crippen molar-refractivity contribution < 1.29 is 13.6 Å². The summed E-state index contributed by atoms with van der Waals surface area (Å²) in [7, 11) is -3.05. The van der Waals surface area contributed by atoms with E-state index in [1.165, 1.54) is 0 Å². The second-order valence-corrected chi connectivity index (χ2v) is 6.50. The van der Waals surface area contributed by atoms with Crippen LogP contribution in [-0.2, 0) is 13.6 Å². The van der Waals surface area contributed by atoms with Crippen LogP contribution in [0.4, 0.5) is 0 Å². The Hall–Kier alpha value is -0.890. The van der Waals surface area contributed by atoms with Gasteiger partial charge in [0.15, 0.2) is 0 Å². The molecule has 1 aromatic rings. The maximum atomic E-state index is 12.6. The molecule has 0 aliphatic carbocycles. The smallest absolute Gasteiger partial charge is 0.309 e. The van der Waals surface area contributed by atoms with E-state index in [1.807, 2.05) is 58.0 Å². The highest BCUT2D eigenvalue weighted by molar-refractivity contribution is 7.54. The van der Waals surface area contributed by atoms with Gasteiger partial charge in [0.2, 0.25) is 0 Å². The minimum atomic E-state index is -3.05. The summed E-state index contributed by atoms with van der Waals surface area (Å²) >= 11 is 0. The van der Waals surface area contributed by atoms with Crippen LogP contribution in [0.15, 0.2) is 35.9 Å².